The van der Waals surface area contributed by atoms with Crippen LogP contribution >= 0.6 is 0 Å². The maximum atomic E-state index is 12.1. The van der Waals surface area contributed by atoms with Crippen molar-refractivity contribution in [1.29, 1.82) is 0 Å². The maximum absolute atomic E-state index is 12.1. The third-order valence-corrected chi connectivity index (χ3v) is 2.84. The molecule has 0 aliphatic carbocycles. The van der Waals surface area contributed by atoms with E-state index in [1.165, 1.54) is 0 Å². The van der Waals surface area contributed by atoms with E-state index in [0.29, 0.717) is 16.9 Å². The van der Waals surface area contributed by atoms with Gasteiger partial charge in [-0.25, -0.2) is 0 Å². The van der Waals surface area contributed by atoms with E-state index in [-0.39, 0.29) is 0 Å². The number of carbonyl (C=O) groups excluding carboxylic acids is 2. The van der Waals surface area contributed by atoms with Gasteiger partial charge in [0.2, 0.25) is 11.6 Å². The van der Waals surface area contributed by atoms with Crippen molar-refractivity contribution in [3.8, 4) is 5.75 Å². The first-order valence-corrected chi connectivity index (χ1v) is 5.91. The van der Waals surface area contributed by atoms with Gasteiger partial charge in [0.05, 0.1) is 7.11 Å². The molecule has 2 rings (SSSR count). The van der Waals surface area contributed by atoms with Crippen molar-refractivity contribution in [1.82, 2.24) is 0 Å². The predicted octanol–water partition coefficient (Wildman–Crippen LogP) is 3.07. The Morgan fingerprint density at radius 1 is 0.895 bits per heavy atom. The molecule has 0 aliphatic rings. The fourth-order valence-corrected chi connectivity index (χ4v) is 1.79. The maximum Gasteiger partial charge on any atom is 0.233 e. The number of methoxy groups -OCH3 is 1. The van der Waals surface area contributed by atoms with Crippen molar-refractivity contribution < 1.29 is 14.3 Å². The molecule has 0 aliphatic heterocycles. The SMILES string of the molecule is COc1ccc(C(=O)C(=O)c2cccc(C)c2)cc1. The van der Waals surface area contributed by atoms with Crippen LogP contribution < -0.4 is 4.74 Å². The van der Waals surface area contributed by atoms with Gasteiger partial charge in [0.1, 0.15) is 5.75 Å². The van der Waals surface area contributed by atoms with Crippen LogP contribution in [0.15, 0.2) is 48.5 Å². The topological polar surface area (TPSA) is 43.4 Å². The summed E-state index contributed by atoms with van der Waals surface area (Å²) in [7, 11) is 1.55. The molecule has 2 aromatic rings. The number of ether oxygens (including phenoxy) is 1. The minimum atomic E-state index is -0.506. The van der Waals surface area contributed by atoms with E-state index in [1.807, 2.05) is 13.0 Å². The van der Waals surface area contributed by atoms with Crippen LogP contribution in [0.25, 0.3) is 0 Å². The Morgan fingerprint density at radius 2 is 1.53 bits per heavy atom. The second-order valence-electron chi connectivity index (χ2n) is 4.26. The normalized spacial score (nSPS) is 10.0. The standard InChI is InChI=1S/C16H14O3/c1-11-4-3-5-13(10-11)16(18)15(17)12-6-8-14(19-2)9-7-12/h3-10H,1-2H3. The molecule has 0 saturated carbocycles. The number of hydrogen-bond donors (Lipinski definition) is 0. The minimum Gasteiger partial charge on any atom is -0.497 e. The van der Waals surface area contributed by atoms with Gasteiger partial charge in [0.15, 0.2) is 0 Å². The molecule has 96 valence electrons. The van der Waals surface area contributed by atoms with E-state index >= 15 is 0 Å². The monoisotopic (exact) mass is 254 g/mol. The van der Waals surface area contributed by atoms with Gasteiger partial charge in [-0.1, -0.05) is 23.8 Å². The van der Waals surface area contributed by atoms with Crippen LogP contribution in [0.4, 0.5) is 0 Å². The zero-order valence-corrected chi connectivity index (χ0v) is 10.8. The molecule has 19 heavy (non-hydrogen) atoms. The molecule has 0 atom stereocenters. The smallest absolute Gasteiger partial charge is 0.233 e. The summed E-state index contributed by atoms with van der Waals surface area (Å²) in [6, 6.07) is 13.5. The number of hydrogen-bond acceptors (Lipinski definition) is 3. The number of rotatable bonds is 4. The number of benzene rings is 2. The van der Waals surface area contributed by atoms with E-state index in [9.17, 15) is 9.59 Å². The molecule has 0 radical (unpaired) electrons. The number of ketones is 2. The molecule has 2 aromatic carbocycles. The average molecular weight is 254 g/mol. The van der Waals surface area contributed by atoms with Gasteiger partial charge in [-0.05, 0) is 37.3 Å². The van der Waals surface area contributed by atoms with Crippen molar-refractivity contribution in [3.63, 3.8) is 0 Å². The highest BCUT2D eigenvalue weighted by molar-refractivity contribution is 6.49. The van der Waals surface area contributed by atoms with Crippen molar-refractivity contribution >= 4 is 11.6 Å². The fraction of sp³-hybridized carbons (Fsp3) is 0.125. The van der Waals surface area contributed by atoms with E-state index in [4.69, 9.17) is 4.74 Å². The van der Waals surface area contributed by atoms with Crippen LogP contribution in [0.1, 0.15) is 26.3 Å². The Labute approximate surface area is 111 Å². The quantitative estimate of drug-likeness (QED) is 0.622. The first kappa shape index (κ1) is 13.0. The molecule has 0 unspecified atom stereocenters. The summed E-state index contributed by atoms with van der Waals surface area (Å²) in [6.07, 6.45) is 0. The van der Waals surface area contributed by atoms with Gasteiger partial charge in [-0.3, -0.25) is 9.59 Å². The van der Waals surface area contributed by atoms with E-state index in [2.05, 4.69) is 0 Å². The Kier molecular flexibility index (Phi) is 3.76. The van der Waals surface area contributed by atoms with Crippen LogP contribution in [-0.2, 0) is 0 Å². The molecule has 0 aromatic heterocycles. The van der Waals surface area contributed by atoms with Gasteiger partial charge in [-0.15, -0.1) is 0 Å². The first-order chi connectivity index (χ1) is 9.11. The summed E-state index contributed by atoms with van der Waals surface area (Å²) in [5, 5.41) is 0. The van der Waals surface area contributed by atoms with E-state index in [0.717, 1.165) is 5.56 Å². The van der Waals surface area contributed by atoms with Crippen molar-refractivity contribution in [2.24, 2.45) is 0 Å². The molecule has 0 N–H and O–H groups in total. The van der Waals surface area contributed by atoms with Crippen LogP contribution in [0.3, 0.4) is 0 Å². The molecule has 3 nitrogen and oxygen atoms in total. The summed E-state index contributed by atoms with van der Waals surface area (Å²) >= 11 is 0. The van der Waals surface area contributed by atoms with E-state index < -0.39 is 11.6 Å². The third kappa shape index (κ3) is 2.88. The summed E-state index contributed by atoms with van der Waals surface area (Å²) in [5.41, 5.74) is 1.74. The summed E-state index contributed by atoms with van der Waals surface area (Å²) in [6.45, 7) is 1.88. The lowest BCUT2D eigenvalue weighted by Crippen LogP contribution is -2.14. The molecular formula is C16H14O3. The first-order valence-electron chi connectivity index (χ1n) is 5.91. The molecule has 0 saturated heterocycles. The molecule has 0 spiro atoms. The molecule has 0 amide bonds. The van der Waals surface area contributed by atoms with Gasteiger partial charge in [0.25, 0.3) is 0 Å². The van der Waals surface area contributed by atoms with Gasteiger partial charge in [-0.2, -0.15) is 0 Å². The highest BCUT2D eigenvalue weighted by Gasteiger charge is 2.18. The Morgan fingerprint density at radius 3 is 2.11 bits per heavy atom. The van der Waals surface area contributed by atoms with Crippen LogP contribution in [0.5, 0.6) is 5.75 Å². The van der Waals surface area contributed by atoms with Crippen LogP contribution in [0.2, 0.25) is 0 Å². The van der Waals surface area contributed by atoms with Crippen LogP contribution in [0, 0.1) is 6.92 Å². The summed E-state index contributed by atoms with van der Waals surface area (Å²) < 4.78 is 5.01. The van der Waals surface area contributed by atoms with Gasteiger partial charge in [0, 0.05) is 11.1 Å². The molecular weight excluding hydrogens is 240 g/mol. The number of carbonyl (C=O) groups is 2. The van der Waals surface area contributed by atoms with E-state index in [1.54, 1.807) is 49.6 Å². The molecule has 0 fully saturated rings. The lowest BCUT2D eigenvalue weighted by molar-refractivity contribution is 0.0817. The van der Waals surface area contributed by atoms with Crippen molar-refractivity contribution in [2.75, 3.05) is 7.11 Å². The van der Waals surface area contributed by atoms with Crippen molar-refractivity contribution in [3.05, 3.63) is 65.2 Å². The molecule has 0 bridgehead atoms. The zero-order valence-electron chi connectivity index (χ0n) is 10.8. The third-order valence-electron chi connectivity index (χ3n) is 2.84. The summed E-state index contributed by atoms with van der Waals surface area (Å²) in [5.74, 6) is -0.346. The predicted molar refractivity (Wildman–Crippen MR) is 72.8 cm³/mol. The van der Waals surface area contributed by atoms with Crippen LogP contribution in [-0.4, -0.2) is 18.7 Å². The average Bonchev–Trinajstić information content (AvgIpc) is 2.46. The Hall–Kier alpha value is -2.42. The lowest BCUT2D eigenvalue weighted by Gasteiger charge is -2.03. The highest BCUT2D eigenvalue weighted by Crippen LogP contribution is 2.14. The summed E-state index contributed by atoms with van der Waals surface area (Å²) in [4.78, 5) is 24.1. The Balaban J connectivity index is 2.25. The fourth-order valence-electron chi connectivity index (χ4n) is 1.79. The number of Topliss-reactive ketones (excluding diaryl/α,β-unsaturated/α-hetero) is 2. The second-order valence-corrected chi connectivity index (χ2v) is 4.26. The van der Waals surface area contributed by atoms with Gasteiger partial charge >= 0.3 is 0 Å². The van der Waals surface area contributed by atoms with Crippen molar-refractivity contribution in [2.45, 2.75) is 6.92 Å². The highest BCUT2D eigenvalue weighted by atomic mass is 16.5. The zero-order chi connectivity index (χ0) is 13.8. The molecule has 0 heterocycles. The minimum absolute atomic E-state index is 0.368. The largest absolute Gasteiger partial charge is 0.497 e. The lowest BCUT2D eigenvalue weighted by atomic mass is 10.0. The Bertz CT molecular complexity index is 612. The molecule has 3 heteroatoms. The van der Waals surface area contributed by atoms with Gasteiger partial charge < -0.3 is 4.74 Å². The number of aryl methyl sites for hydroxylation is 1. The second kappa shape index (κ2) is 5.48.